The number of thiol groups is 1. The summed E-state index contributed by atoms with van der Waals surface area (Å²) in [7, 11) is 2.79. The number of esters is 1. The third kappa shape index (κ3) is 4.70. The molecule has 1 aliphatic heterocycles. The zero-order valence-electron chi connectivity index (χ0n) is 15.6. The number of alkyl halides is 3. The number of halogens is 3. The maximum Gasteiger partial charge on any atom is 0.416 e. The first-order valence-corrected chi connectivity index (χ1v) is 9.75. The van der Waals surface area contributed by atoms with Crippen molar-refractivity contribution in [2.75, 3.05) is 25.8 Å². The summed E-state index contributed by atoms with van der Waals surface area (Å²) in [5.41, 5.74) is 0.397. The second-order valence-electron chi connectivity index (χ2n) is 6.35. The van der Waals surface area contributed by atoms with E-state index in [9.17, 15) is 22.2 Å². The molecule has 0 aliphatic carbocycles. The Kier molecular flexibility index (Phi) is 6.13. The van der Waals surface area contributed by atoms with E-state index in [-0.39, 0.29) is 23.8 Å². The number of benzene rings is 2. The maximum atomic E-state index is 12.9. The molecular weight excluding hydrogens is 411 g/mol. The standard InChI is InChI=1S/C19H18F3NO5S/c1-26-14-6-7-17-16(10-14)12(8-18(24)27-2)11-23(17)28-29(25)15-5-3-4-13(9-15)19(20,21)22/h3-7,9-10,12H,8,11H2,1-2H3/p+1. The molecule has 2 aromatic rings. The molecule has 0 N–H and O–H groups in total. The van der Waals surface area contributed by atoms with Crippen LogP contribution >= 0.6 is 0 Å². The van der Waals surface area contributed by atoms with E-state index in [0.717, 1.165) is 17.7 Å². The lowest BCUT2D eigenvalue weighted by molar-refractivity contribution is -0.141. The van der Waals surface area contributed by atoms with Gasteiger partial charge < -0.3 is 9.47 Å². The number of hydrogen-bond donors (Lipinski definition) is 0. The van der Waals surface area contributed by atoms with E-state index in [1.165, 1.54) is 31.4 Å². The smallest absolute Gasteiger partial charge is 0.416 e. The van der Waals surface area contributed by atoms with Crippen LogP contribution in [0.1, 0.15) is 23.5 Å². The Hall–Kier alpha value is -2.59. The lowest BCUT2D eigenvalue weighted by Gasteiger charge is -2.14. The predicted molar refractivity (Wildman–Crippen MR) is 100.0 cm³/mol. The van der Waals surface area contributed by atoms with Gasteiger partial charge in [0, 0.05) is 12.0 Å². The first-order chi connectivity index (χ1) is 13.7. The van der Waals surface area contributed by atoms with Crippen LogP contribution in [-0.2, 0) is 35.3 Å². The predicted octanol–water partition coefficient (Wildman–Crippen LogP) is 3.78. The van der Waals surface area contributed by atoms with Crippen molar-refractivity contribution in [2.45, 2.75) is 23.4 Å². The van der Waals surface area contributed by atoms with Crippen molar-refractivity contribution < 1.29 is 35.9 Å². The number of rotatable bonds is 6. The lowest BCUT2D eigenvalue weighted by atomic mass is 9.98. The molecule has 10 heteroatoms. The number of ether oxygens (including phenoxy) is 2. The van der Waals surface area contributed by atoms with Gasteiger partial charge in [-0.25, -0.2) is 5.06 Å². The van der Waals surface area contributed by atoms with Crippen LogP contribution in [0.15, 0.2) is 47.4 Å². The zero-order valence-corrected chi connectivity index (χ0v) is 16.5. The number of hydrogen-bond acceptors (Lipinski definition) is 6. The fourth-order valence-electron chi connectivity index (χ4n) is 3.08. The molecule has 2 aromatic carbocycles. The summed E-state index contributed by atoms with van der Waals surface area (Å²) >= 11 is -2.60. The third-order valence-electron chi connectivity index (χ3n) is 4.53. The van der Waals surface area contributed by atoms with Crippen LogP contribution in [0, 0.1) is 0 Å². The summed E-state index contributed by atoms with van der Waals surface area (Å²) in [5, 5.41) is 1.33. The first kappa shape index (κ1) is 21.1. The highest BCUT2D eigenvalue weighted by Crippen LogP contribution is 2.41. The summed E-state index contributed by atoms with van der Waals surface area (Å²) in [4.78, 5) is 11.7. The lowest BCUT2D eigenvalue weighted by Crippen LogP contribution is -2.24. The van der Waals surface area contributed by atoms with E-state index < -0.39 is 28.8 Å². The van der Waals surface area contributed by atoms with Crippen molar-refractivity contribution in [3.63, 3.8) is 0 Å². The number of fused-ring (bicyclic) bond motifs is 1. The SMILES string of the molecule is COC(=O)CC1CN(O[SH+](=O)c2cccc(C(F)(F)F)c2)c2ccc(OC)cc21. The molecule has 0 bridgehead atoms. The van der Waals surface area contributed by atoms with Crippen LogP contribution in [0.25, 0.3) is 0 Å². The van der Waals surface area contributed by atoms with Crippen LogP contribution in [0.2, 0.25) is 0 Å². The molecule has 0 saturated heterocycles. The number of hydroxylamine groups is 1. The molecule has 1 aliphatic rings. The van der Waals surface area contributed by atoms with Gasteiger partial charge in [-0.05, 0) is 40.2 Å². The number of carbonyl (C=O) groups excluding carboxylic acids is 1. The van der Waals surface area contributed by atoms with Crippen LogP contribution in [0.5, 0.6) is 5.75 Å². The van der Waals surface area contributed by atoms with Crippen molar-refractivity contribution in [3.05, 3.63) is 53.6 Å². The second kappa shape index (κ2) is 8.42. The Balaban J connectivity index is 1.84. The summed E-state index contributed by atoms with van der Waals surface area (Å²) < 4.78 is 66.7. The Morgan fingerprint density at radius 2 is 1.97 bits per heavy atom. The summed E-state index contributed by atoms with van der Waals surface area (Å²) in [6.45, 7) is 0.192. The molecule has 3 rings (SSSR count). The van der Waals surface area contributed by atoms with Gasteiger partial charge >= 0.3 is 12.1 Å². The molecule has 0 fully saturated rings. The second-order valence-corrected chi connectivity index (χ2v) is 7.54. The van der Waals surface area contributed by atoms with E-state index >= 15 is 0 Å². The molecule has 0 radical (unpaired) electrons. The van der Waals surface area contributed by atoms with Crippen molar-refractivity contribution >= 4 is 22.7 Å². The maximum absolute atomic E-state index is 12.9. The number of anilines is 1. The number of nitrogens with zero attached hydrogens (tertiary/aromatic N) is 1. The Morgan fingerprint density at radius 3 is 2.62 bits per heavy atom. The van der Waals surface area contributed by atoms with Gasteiger partial charge in [0.1, 0.15) is 5.75 Å². The topological polar surface area (TPSA) is 65.1 Å². The quantitative estimate of drug-likeness (QED) is 0.395. The van der Waals surface area contributed by atoms with Gasteiger partial charge in [0.15, 0.2) is 4.90 Å². The minimum atomic E-state index is -4.55. The molecule has 0 spiro atoms. The van der Waals surface area contributed by atoms with E-state index in [1.807, 2.05) is 0 Å². The van der Waals surface area contributed by atoms with E-state index in [0.29, 0.717) is 11.4 Å². The van der Waals surface area contributed by atoms with E-state index in [2.05, 4.69) is 0 Å². The van der Waals surface area contributed by atoms with Crippen molar-refractivity contribution in [2.24, 2.45) is 0 Å². The van der Waals surface area contributed by atoms with E-state index in [4.69, 9.17) is 13.8 Å². The molecule has 0 amide bonds. The molecule has 6 nitrogen and oxygen atoms in total. The van der Waals surface area contributed by atoms with Crippen molar-refractivity contribution in [1.82, 2.24) is 0 Å². The summed E-state index contributed by atoms with van der Waals surface area (Å²) in [5.74, 6) is -0.159. The minimum Gasteiger partial charge on any atom is -0.497 e. The molecule has 1 heterocycles. The molecule has 0 aromatic heterocycles. The normalized spacial score (nSPS) is 17.0. The third-order valence-corrected chi connectivity index (χ3v) is 5.57. The molecule has 2 unspecified atom stereocenters. The van der Waals surface area contributed by atoms with Crippen LogP contribution in [0.4, 0.5) is 18.9 Å². The van der Waals surface area contributed by atoms with Gasteiger partial charge in [-0.3, -0.25) is 4.79 Å². The van der Waals surface area contributed by atoms with Crippen molar-refractivity contribution in [3.8, 4) is 5.75 Å². The molecule has 156 valence electrons. The fraction of sp³-hybridized carbons (Fsp3) is 0.316. The highest BCUT2D eigenvalue weighted by molar-refractivity contribution is 7.80. The summed E-state index contributed by atoms with van der Waals surface area (Å²) in [6.07, 6.45) is -4.48. The molecule has 2 atom stereocenters. The molecule has 0 saturated carbocycles. The van der Waals surface area contributed by atoms with Gasteiger partial charge in [0.05, 0.1) is 38.4 Å². The van der Waals surface area contributed by atoms with Gasteiger partial charge in [0.2, 0.25) is 0 Å². The van der Waals surface area contributed by atoms with Crippen LogP contribution in [-0.4, -0.2) is 26.7 Å². The van der Waals surface area contributed by atoms with Gasteiger partial charge in [0.25, 0.3) is 11.1 Å². The van der Waals surface area contributed by atoms with Crippen LogP contribution < -0.4 is 9.80 Å². The van der Waals surface area contributed by atoms with E-state index in [1.54, 1.807) is 18.2 Å². The summed E-state index contributed by atoms with van der Waals surface area (Å²) in [6, 6.07) is 9.28. The Labute approximate surface area is 167 Å². The number of methoxy groups -OCH3 is 2. The first-order valence-electron chi connectivity index (χ1n) is 8.58. The zero-order chi connectivity index (χ0) is 21.2. The fourth-order valence-corrected chi connectivity index (χ4v) is 3.96. The average molecular weight is 430 g/mol. The minimum absolute atomic E-state index is 0.0663. The Bertz CT molecular complexity index is 934. The molecular formula is C19H19F3NO5S+. The highest BCUT2D eigenvalue weighted by Gasteiger charge is 2.36. The highest BCUT2D eigenvalue weighted by atomic mass is 32.2. The largest absolute Gasteiger partial charge is 0.497 e. The monoisotopic (exact) mass is 430 g/mol. The number of carbonyl (C=O) groups is 1. The van der Waals surface area contributed by atoms with Gasteiger partial charge in [-0.15, -0.1) is 0 Å². The van der Waals surface area contributed by atoms with Crippen LogP contribution in [0.3, 0.4) is 0 Å². The average Bonchev–Trinajstić information content (AvgIpc) is 3.03. The van der Waals surface area contributed by atoms with Gasteiger partial charge in [-0.1, -0.05) is 10.3 Å². The van der Waals surface area contributed by atoms with Gasteiger partial charge in [-0.2, -0.15) is 13.2 Å². The molecule has 29 heavy (non-hydrogen) atoms. The Morgan fingerprint density at radius 1 is 1.21 bits per heavy atom. The van der Waals surface area contributed by atoms with Crippen molar-refractivity contribution in [1.29, 1.82) is 0 Å².